The molecule has 0 spiro atoms. The van der Waals surface area contributed by atoms with Gasteiger partial charge in [0, 0.05) is 23.7 Å². The third kappa shape index (κ3) is 1.89. The fourth-order valence-corrected chi connectivity index (χ4v) is 3.79. The number of aryl methyl sites for hydroxylation is 2. The summed E-state index contributed by atoms with van der Waals surface area (Å²) in [4.78, 5) is 14.9. The molecule has 2 saturated heterocycles. The van der Waals surface area contributed by atoms with Gasteiger partial charge in [-0.25, -0.2) is 0 Å². The lowest BCUT2D eigenvalue weighted by Crippen LogP contribution is -2.50. The topological polar surface area (TPSA) is 59.5 Å². The summed E-state index contributed by atoms with van der Waals surface area (Å²) in [5.41, 5.74) is 7.82. The molecule has 1 aromatic heterocycles. The average molecular weight is 262 g/mol. The molecule has 2 atom stereocenters. The summed E-state index contributed by atoms with van der Waals surface area (Å²) in [6.45, 7) is 5.77. The van der Waals surface area contributed by atoms with Gasteiger partial charge in [-0.2, -0.15) is 0 Å². The molecule has 2 bridgehead atoms. The molecule has 2 unspecified atom stereocenters. The highest BCUT2D eigenvalue weighted by atomic mass is 16.3. The molecule has 4 nitrogen and oxygen atoms in total. The molecule has 3 rings (SSSR count). The van der Waals surface area contributed by atoms with Gasteiger partial charge < -0.3 is 15.1 Å². The summed E-state index contributed by atoms with van der Waals surface area (Å²) in [5.74, 6) is 1.74. The van der Waals surface area contributed by atoms with Crippen LogP contribution in [0.2, 0.25) is 0 Å². The molecule has 0 saturated carbocycles. The normalized spacial score (nSPS) is 29.9. The van der Waals surface area contributed by atoms with Crippen molar-refractivity contribution in [2.24, 2.45) is 5.73 Å². The Labute approximate surface area is 113 Å². The van der Waals surface area contributed by atoms with E-state index in [-0.39, 0.29) is 11.9 Å². The van der Waals surface area contributed by atoms with Gasteiger partial charge in [-0.05, 0) is 46.5 Å². The summed E-state index contributed by atoms with van der Waals surface area (Å²) in [6, 6.07) is 0.917. The van der Waals surface area contributed by atoms with Crippen molar-refractivity contribution in [1.29, 1.82) is 0 Å². The van der Waals surface area contributed by atoms with Crippen LogP contribution in [0, 0.1) is 20.8 Å². The minimum absolute atomic E-state index is 0.145. The van der Waals surface area contributed by atoms with E-state index in [1.165, 1.54) is 0 Å². The van der Waals surface area contributed by atoms with E-state index in [0.29, 0.717) is 12.1 Å². The Morgan fingerprint density at radius 2 is 1.74 bits per heavy atom. The van der Waals surface area contributed by atoms with Crippen molar-refractivity contribution in [2.75, 3.05) is 0 Å². The number of nitrogens with zero attached hydrogens (tertiary/aromatic N) is 1. The lowest BCUT2D eigenvalue weighted by molar-refractivity contribution is 0.0572. The number of hydrogen-bond acceptors (Lipinski definition) is 3. The second-order valence-corrected chi connectivity index (χ2v) is 6.04. The van der Waals surface area contributed by atoms with E-state index in [1.54, 1.807) is 0 Å². The van der Waals surface area contributed by atoms with E-state index in [9.17, 15) is 4.79 Å². The van der Waals surface area contributed by atoms with Crippen molar-refractivity contribution < 1.29 is 9.21 Å². The largest absolute Gasteiger partial charge is 0.466 e. The van der Waals surface area contributed by atoms with Gasteiger partial charge in [-0.15, -0.1) is 0 Å². The molecular formula is C15H22N2O2. The summed E-state index contributed by atoms with van der Waals surface area (Å²) in [5, 5.41) is 0. The molecule has 2 fully saturated rings. The Kier molecular flexibility index (Phi) is 2.93. The molecular weight excluding hydrogens is 240 g/mol. The first-order valence-corrected chi connectivity index (χ1v) is 7.14. The molecule has 1 amide bonds. The van der Waals surface area contributed by atoms with Crippen molar-refractivity contribution in [3.8, 4) is 0 Å². The van der Waals surface area contributed by atoms with Gasteiger partial charge in [-0.3, -0.25) is 4.79 Å². The first-order valence-electron chi connectivity index (χ1n) is 7.14. The highest BCUT2D eigenvalue weighted by molar-refractivity contribution is 5.97. The number of nitrogens with two attached hydrogens (primary N) is 1. The fraction of sp³-hybridized carbons (Fsp3) is 0.667. The van der Waals surface area contributed by atoms with Crippen LogP contribution in [0.25, 0.3) is 0 Å². The van der Waals surface area contributed by atoms with Crippen molar-refractivity contribution in [3.05, 3.63) is 22.6 Å². The summed E-state index contributed by atoms with van der Waals surface area (Å²) >= 11 is 0. The van der Waals surface area contributed by atoms with Crippen LogP contribution < -0.4 is 5.73 Å². The predicted octanol–water partition coefficient (Wildman–Crippen LogP) is 2.30. The molecule has 0 radical (unpaired) electrons. The Morgan fingerprint density at radius 3 is 2.21 bits per heavy atom. The smallest absolute Gasteiger partial charge is 0.258 e. The number of hydrogen-bond donors (Lipinski definition) is 1. The first kappa shape index (κ1) is 12.7. The summed E-state index contributed by atoms with van der Waals surface area (Å²) in [7, 11) is 0. The van der Waals surface area contributed by atoms with E-state index < -0.39 is 0 Å². The number of rotatable bonds is 1. The van der Waals surface area contributed by atoms with E-state index in [1.807, 2.05) is 20.8 Å². The standard InChI is InChI=1S/C15H22N2O2/c1-8-9(2)19-10(3)14(8)15(18)17-12-4-5-13(17)7-11(16)6-12/h11-13H,4-7,16H2,1-3H3. The minimum atomic E-state index is 0.145. The van der Waals surface area contributed by atoms with Gasteiger partial charge in [0.15, 0.2) is 0 Å². The number of carbonyl (C=O) groups excluding carboxylic acids is 1. The Hall–Kier alpha value is -1.29. The molecule has 19 heavy (non-hydrogen) atoms. The van der Waals surface area contributed by atoms with Gasteiger partial charge in [-0.1, -0.05) is 0 Å². The molecule has 2 aliphatic heterocycles. The molecule has 0 aliphatic carbocycles. The Bertz CT molecular complexity index is 506. The lowest BCUT2D eigenvalue weighted by atomic mass is 9.96. The van der Waals surface area contributed by atoms with Crippen LogP contribution in [0.4, 0.5) is 0 Å². The van der Waals surface area contributed by atoms with Crippen LogP contribution in [0.5, 0.6) is 0 Å². The van der Waals surface area contributed by atoms with Crippen molar-refractivity contribution >= 4 is 5.91 Å². The van der Waals surface area contributed by atoms with E-state index >= 15 is 0 Å². The minimum Gasteiger partial charge on any atom is -0.466 e. The first-order chi connectivity index (χ1) is 8.99. The van der Waals surface area contributed by atoms with Crippen LogP contribution in [0.1, 0.15) is 53.1 Å². The molecule has 4 heteroatoms. The zero-order chi connectivity index (χ0) is 13.7. The van der Waals surface area contributed by atoms with Crippen LogP contribution in [0.3, 0.4) is 0 Å². The number of piperidine rings is 1. The van der Waals surface area contributed by atoms with Gasteiger partial charge in [0.25, 0.3) is 5.91 Å². The second-order valence-electron chi connectivity index (χ2n) is 6.04. The van der Waals surface area contributed by atoms with E-state index in [4.69, 9.17) is 10.2 Å². The van der Waals surface area contributed by atoms with Crippen LogP contribution in [-0.4, -0.2) is 28.9 Å². The monoisotopic (exact) mass is 262 g/mol. The molecule has 3 heterocycles. The summed E-state index contributed by atoms with van der Waals surface area (Å²) < 4.78 is 5.60. The van der Waals surface area contributed by atoms with Crippen LogP contribution in [0.15, 0.2) is 4.42 Å². The highest BCUT2D eigenvalue weighted by Crippen LogP contribution is 2.37. The van der Waals surface area contributed by atoms with Crippen LogP contribution >= 0.6 is 0 Å². The number of furan rings is 1. The number of amides is 1. The Balaban J connectivity index is 1.93. The Morgan fingerprint density at radius 1 is 1.16 bits per heavy atom. The number of fused-ring (bicyclic) bond motifs is 2. The van der Waals surface area contributed by atoms with Gasteiger partial charge in [0.05, 0.1) is 5.56 Å². The third-order valence-electron chi connectivity index (χ3n) is 4.78. The highest BCUT2D eigenvalue weighted by Gasteiger charge is 2.43. The van der Waals surface area contributed by atoms with Gasteiger partial charge in [0.2, 0.25) is 0 Å². The van der Waals surface area contributed by atoms with Gasteiger partial charge in [0.1, 0.15) is 11.5 Å². The van der Waals surface area contributed by atoms with Crippen molar-refractivity contribution in [3.63, 3.8) is 0 Å². The fourth-order valence-electron chi connectivity index (χ4n) is 3.79. The number of carbonyl (C=O) groups is 1. The molecule has 2 aliphatic rings. The quantitative estimate of drug-likeness (QED) is 0.844. The zero-order valence-corrected chi connectivity index (χ0v) is 11.9. The summed E-state index contributed by atoms with van der Waals surface area (Å²) in [6.07, 6.45) is 4.08. The predicted molar refractivity (Wildman–Crippen MR) is 73.1 cm³/mol. The maximum absolute atomic E-state index is 12.8. The lowest BCUT2D eigenvalue weighted by Gasteiger charge is -2.37. The third-order valence-corrected chi connectivity index (χ3v) is 4.78. The SMILES string of the molecule is Cc1oc(C)c(C(=O)N2C3CCC2CC(N)C3)c1C. The van der Waals surface area contributed by atoms with Crippen molar-refractivity contribution in [2.45, 2.75) is 64.6 Å². The zero-order valence-electron chi connectivity index (χ0n) is 11.9. The molecule has 2 N–H and O–H groups in total. The molecule has 104 valence electrons. The average Bonchev–Trinajstić information content (AvgIpc) is 2.74. The van der Waals surface area contributed by atoms with Crippen LogP contribution in [-0.2, 0) is 0 Å². The van der Waals surface area contributed by atoms with E-state index in [0.717, 1.165) is 48.3 Å². The molecule has 1 aromatic rings. The van der Waals surface area contributed by atoms with Crippen molar-refractivity contribution in [1.82, 2.24) is 4.90 Å². The van der Waals surface area contributed by atoms with Gasteiger partial charge >= 0.3 is 0 Å². The molecule has 0 aromatic carbocycles. The van der Waals surface area contributed by atoms with E-state index in [2.05, 4.69) is 4.90 Å². The maximum Gasteiger partial charge on any atom is 0.258 e. The maximum atomic E-state index is 12.8. The second kappa shape index (κ2) is 4.37.